The van der Waals surface area contributed by atoms with Crippen LogP contribution in [-0.4, -0.2) is 18.2 Å². The van der Waals surface area contributed by atoms with Crippen LogP contribution in [0.3, 0.4) is 0 Å². The van der Waals surface area contributed by atoms with Gasteiger partial charge in [-0.3, -0.25) is 4.79 Å². The molecular weight excluding hydrogens is 282 g/mol. The predicted octanol–water partition coefficient (Wildman–Crippen LogP) is 3.14. The van der Waals surface area contributed by atoms with E-state index in [-0.39, 0.29) is 18.5 Å². The maximum absolute atomic E-state index is 11.8. The first-order valence-corrected chi connectivity index (χ1v) is 6.88. The highest BCUT2D eigenvalue weighted by Crippen LogP contribution is 2.22. The smallest absolute Gasteiger partial charge is 0.317 e. The first-order chi connectivity index (χ1) is 10.8. The topological polar surface area (TPSA) is 61.6 Å². The van der Waals surface area contributed by atoms with Gasteiger partial charge in [0, 0.05) is 11.6 Å². The van der Waals surface area contributed by atoms with Crippen molar-refractivity contribution in [3.05, 3.63) is 60.4 Å². The van der Waals surface area contributed by atoms with Crippen LogP contribution in [0, 0.1) is 5.92 Å². The number of nitrogens with zero attached hydrogens (tertiary/aromatic N) is 1. The van der Waals surface area contributed by atoms with E-state index in [0.717, 1.165) is 11.3 Å². The third-order valence-electron chi connectivity index (χ3n) is 3.32. The van der Waals surface area contributed by atoms with E-state index in [1.54, 1.807) is 25.3 Å². The molecule has 1 aliphatic carbocycles. The average molecular weight is 297 g/mol. The summed E-state index contributed by atoms with van der Waals surface area (Å²) in [5, 5.41) is 3.98. The number of hydrogen-bond acceptors (Lipinski definition) is 5. The molecule has 2 aromatic rings. The zero-order valence-corrected chi connectivity index (χ0v) is 12.1. The number of benzene rings is 1. The number of carbonyl (C=O) groups is 1. The van der Waals surface area contributed by atoms with Crippen LogP contribution in [0.2, 0.25) is 0 Å². The highest BCUT2D eigenvalue weighted by atomic mass is 16.5. The summed E-state index contributed by atoms with van der Waals surface area (Å²) in [5.41, 5.74) is 1.60. The lowest BCUT2D eigenvalue weighted by Gasteiger charge is -2.04. The van der Waals surface area contributed by atoms with Gasteiger partial charge in [-0.1, -0.05) is 29.5 Å². The SMILES string of the molecule is COc1ccc(-c2cc(COC(=O)C3C=CC=C3)on2)cc1. The van der Waals surface area contributed by atoms with E-state index in [9.17, 15) is 4.79 Å². The molecule has 1 aromatic heterocycles. The number of rotatable bonds is 5. The van der Waals surface area contributed by atoms with Crippen molar-refractivity contribution in [2.24, 2.45) is 5.92 Å². The molecule has 0 unspecified atom stereocenters. The second kappa shape index (κ2) is 6.30. The molecule has 0 saturated carbocycles. The van der Waals surface area contributed by atoms with E-state index >= 15 is 0 Å². The fourth-order valence-corrected chi connectivity index (χ4v) is 2.11. The third-order valence-corrected chi connectivity index (χ3v) is 3.32. The van der Waals surface area contributed by atoms with Crippen LogP contribution in [0.4, 0.5) is 0 Å². The van der Waals surface area contributed by atoms with Crippen LogP contribution >= 0.6 is 0 Å². The summed E-state index contributed by atoms with van der Waals surface area (Å²) in [6.45, 7) is 0.0696. The molecule has 1 aliphatic rings. The Kier molecular flexibility index (Phi) is 4.05. The molecule has 0 spiro atoms. The van der Waals surface area contributed by atoms with E-state index in [2.05, 4.69) is 5.16 Å². The molecule has 0 saturated heterocycles. The second-order valence-corrected chi connectivity index (χ2v) is 4.81. The van der Waals surface area contributed by atoms with Crippen LogP contribution in [0.5, 0.6) is 5.75 Å². The lowest BCUT2D eigenvalue weighted by molar-refractivity contribution is -0.147. The molecule has 0 aliphatic heterocycles. The van der Waals surface area contributed by atoms with E-state index < -0.39 is 0 Å². The summed E-state index contributed by atoms with van der Waals surface area (Å²) in [6, 6.07) is 9.24. The molecule has 1 aromatic carbocycles. The second-order valence-electron chi connectivity index (χ2n) is 4.81. The fraction of sp³-hybridized carbons (Fsp3) is 0.176. The number of esters is 1. The minimum Gasteiger partial charge on any atom is -0.497 e. The summed E-state index contributed by atoms with van der Waals surface area (Å²) in [6.07, 6.45) is 7.21. The molecule has 112 valence electrons. The van der Waals surface area contributed by atoms with Crippen molar-refractivity contribution in [2.45, 2.75) is 6.61 Å². The molecule has 0 amide bonds. The molecule has 5 heteroatoms. The molecule has 22 heavy (non-hydrogen) atoms. The summed E-state index contributed by atoms with van der Waals surface area (Å²) in [5.74, 6) is 0.681. The molecule has 0 radical (unpaired) electrons. The number of carbonyl (C=O) groups excluding carboxylic acids is 1. The Hall–Kier alpha value is -2.82. The molecule has 0 N–H and O–H groups in total. The number of ether oxygens (including phenoxy) is 2. The average Bonchev–Trinajstić information content (AvgIpc) is 3.24. The van der Waals surface area contributed by atoms with Crippen molar-refractivity contribution in [2.75, 3.05) is 7.11 Å². The van der Waals surface area contributed by atoms with Crippen LogP contribution < -0.4 is 4.74 Å². The number of allylic oxidation sites excluding steroid dienone is 2. The van der Waals surface area contributed by atoms with Gasteiger partial charge in [-0.05, 0) is 24.3 Å². The van der Waals surface area contributed by atoms with Gasteiger partial charge < -0.3 is 14.0 Å². The Labute approximate surface area is 127 Å². The summed E-state index contributed by atoms with van der Waals surface area (Å²) in [4.78, 5) is 11.8. The maximum atomic E-state index is 11.8. The first kappa shape index (κ1) is 14.1. The van der Waals surface area contributed by atoms with Gasteiger partial charge in [-0.15, -0.1) is 0 Å². The van der Waals surface area contributed by atoms with Crippen LogP contribution in [0.1, 0.15) is 5.76 Å². The van der Waals surface area contributed by atoms with Gasteiger partial charge in [-0.2, -0.15) is 0 Å². The number of aromatic nitrogens is 1. The minimum absolute atomic E-state index is 0.0696. The monoisotopic (exact) mass is 297 g/mol. The van der Waals surface area contributed by atoms with E-state index in [1.165, 1.54) is 0 Å². The van der Waals surface area contributed by atoms with Crippen molar-refractivity contribution in [1.82, 2.24) is 5.16 Å². The normalized spacial score (nSPS) is 13.5. The van der Waals surface area contributed by atoms with Crippen LogP contribution in [-0.2, 0) is 16.1 Å². The van der Waals surface area contributed by atoms with Gasteiger partial charge >= 0.3 is 5.97 Å². The first-order valence-electron chi connectivity index (χ1n) is 6.88. The molecule has 0 bridgehead atoms. The van der Waals surface area contributed by atoms with E-state index in [1.807, 2.05) is 36.4 Å². The fourth-order valence-electron chi connectivity index (χ4n) is 2.11. The Morgan fingerprint density at radius 2 is 1.95 bits per heavy atom. The van der Waals surface area contributed by atoms with Crippen molar-refractivity contribution in [1.29, 1.82) is 0 Å². The summed E-state index contributed by atoms with van der Waals surface area (Å²) >= 11 is 0. The zero-order valence-electron chi connectivity index (χ0n) is 12.1. The lowest BCUT2D eigenvalue weighted by Crippen LogP contribution is -2.12. The highest BCUT2D eigenvalue weighted by molar-refractivity contribution is 5.77. The van der Waals surface area contributed by atoms with Gasteiger partial charge in [0.2, 0.25) is 0 Å². The molecular formula is C17H15NO4. The third kappa shape index (κ3) is 3.09. The Morgan fingerprint density at radius 3 is 2.64 bits per heavy atom. The highest BCUT2D eigenvalue weighted by Gasteiger charge is 2.17. The van der Waals surface area contributed by atoms with E-state index in [0.29, 0.717) is 11.5 Å². The van der Waals surface area contributed by atoms with Crippen LogP contribution in [0.15, 0.2) is 59.2 Å². The Balaban J connectivity index is 1.62. The van der Waals surface area contributed by atoms with Gasteiger partial charge in [0.25, 0.3) is 0 Å². The van der Waals surface area contributed by atoms with Gasteiger partial charge in [0.05, 0.1) is 13.0 Å². The molecule has 5 nitrogen and oxygen atoms in total. The quantitative estimate of drug-likeness (QED) is 0.793. The molecule has 0 atom stereocenters. The minimum atomic E-state index is -0.302. The van der Waals surface area contributed by atoms with E-state index in [4.69, 9.17) is 14.0 Å². The molecule has 3 rings (SSSR count). The number of methoxy groups -OCH3 is 1. The zero-order chi connectivity index (χ0) is 15.4. The summed E-state index contributed by atoms with van der Waals surface area (Å²) < 4.78 is 15.5. The Bertz CT molecular complexity index is 701. The number of hydrogen-bond donors (Lipinski definition) is 0. The van der Waals surface area contributed by atoms with Gasteiger partial charge in [0.1, 0.15) is 11.4 Å². The van der Waals surface area contributed by atoms with Crippen molar-refractivity contribution >= 4 is 5.97 Å². The maximum Gasteiger partial charge on any atom is 0.317 e. The standard InChI is InChI=1S/C17H15NO4/c1-20-14-8-6-12(7-9-14)16-10-15(22-18-16)11-21-17(19)13-4-2-3-5-13/h2-10,13H,11H2,1H3. The summed E-state index contributed by atoms with van der Waals surface area (Å²) in [7, 11) is 1.62. The predicted molar refractivity (Wildman–Crippen MR) is 80.1 cm³/mol. The Morgan fingerprint density at radius 1 is 1.23 bits per heavy atom. The largest absolute Gasteiger partial charge is 0.497 e. The van der Waals surface area contributed by atoms with Crippen LogP contribution in [0.25, 0.3) is 11.3 Å². The molecule has 1 heterocycles. The van der Waals surface area contributed by atoms with Gasteiger partial charge in [0.15, 0.2) is 12.4 Å². The molecule has 0 fully saturated rings. The van der Waals surface area contributed by atoms with Crippen molar-refractivity contribution in [3.8, 4) is 17.0 Å². The van der Waals surface area contributed by atoms with Crippen molar-refractivity contribution < 1.29 is 18.8 Å². The van der Waals surface area contributed by atoms with Gasteiger partial charge in [-0.25, -0.2) is 0 Å². The lowest BCUT2D eigenvalue weighted by atomic mass is 10.1. The van der Waals surface area contributed by atoms with Crippen molar-refractivity contribution in [3.63, 3.8) is 0 Å².